The second kappa shape index (κ2) is 7.20. The molecule has 0 saturated carbocycles. The highest BCUT2D eigenvalue weighted by molar-refractivity contribution is 5.78. The molecule has 1 heterocycles. The van der Waals surface area contributed by atoms with Crippen molar-refractivity contribution in [2.75, 3.05) is 33.2 Å². The van der Waals surface area contributed by atoms with Crippen molar-refractivity contribution in [1.82, 2.24) is 15.5 Å². The number of nitrogens with zero attached hydrogens (tertiary/aromatic N) is 2. The number of rotatable bonds is 5. The molecule has 0 aliphatic carbocycles. The first kappa shape index (κ1) is 12.9. The molecule has 0 bridgehead atoms. The van der Waals surface area contributed by atoms with Crippen LogP contribution in [0.1, 0.15) is 19.3 Å². The molecule has 16 heavy (non-hydrogen) atoms. The van der Waals surface area contributed by atoms with Gasteiger partial charge in [0.1, 0.15) is 6.54 Å². The van der Waals surface area contributed by atoms with E-state index in [9.17, 15) is 4.79 Å². The number of likely N-dealkylation sites (tertiary alicyclic amines) is 1. The van der Waals surface area contributed by atoms with E-state index in [1.54, 1.807) is 0 Å². The maximum atomic E-state index is 11.2. The Hall–Kier alpha value is -1.12. The third kappa shape index (κ3) is 4.60. The Bertz CT molecular complexity index is 261. The number of amides is 1. The SMILES string of the molecule is CN1CCCCC1CNCC(=O)NCC#N. The summed E-state index contributed by atoms with van der Waals surface area (Å²) in [6.45, 7) is 2.37. The van der Waals surface area contributed by atoms with Gasteiger partial charge in [0.15, 0.2) is 0 Å². The van der Waals surface area contributed by atoms with Crippen LogP contribution in [0.2, 0.25) is 0 Å². The summed E-state index contributed by atoms with van der Waals surface area (Å²) in [7, 11) is 2.13. The number of nitriles is 1. The lowest BCUT2D eigenvalue weighted by Crippen LogP contribution is -2.45. The van der Waals surface area contributed by atoms with Crippen molar-refractivity contribution < 1.29 is 4.79 Å². The average molecular weight is 224 g/mol. The Morgan fingerprint density at radius 1 is 1.56 bits per heavy atom. The summed E-state index contributed by atoms with van der Waals surface area (Å²) in [5.41, 5.74) is 0. The largest absolute Gasteiger partial charge is 0.342 e. The zero-order chi connectivity index (χ0) is 11.8. The van der Waals surface area contributed by atoms with Crippen molar-refractivity contribution >= 4 is 5.91 Å². The fraction of sp³-hybridized carbons (Fsp3) is 0.818. The van der Waals surface area contributed by atoms with Gasteiger partial charge in [-0.2, -0.15) is 5.26 Å². The van der Waals surface area contributed by atoms with Crippen molar-refractivity contribution in [3.8, 4) is 6.07 Å². The number of hydrogen-bond acceptors (Lipinski definition) is 4. The van der Waals surface area contributed by atoms with Gasteiger partial charge in [-0.3, -0.25) is 4.79 Å². The van der Waals surface area contributed by atoms with Crippen LogP contribution in [-0.2, 0) is 4.79 Å². The van der Waals surface area contributed by atoms with Gasteiger partial charge in [-0.05, 0) is 26.4 Å². The van der Waals surface area contributed by atoms with Gasteiger partial charge in [-0.1, -0.05) is 6.42 Å². The Morgan fingerprint density at radius 3 is 3.06 bits per heavy atom. The van der Waals surface area contributed by atoms with Gasteiger partial charge >= 0.3 is 0 Å². The van der Waals surface area contributed by atoms with Gasteiger partial charge in [0, 0.05) is 12.6 Å². The maximum Gasteiger partial charge on any atom is 0.234 e. The summed E-state index contributed by atoms with van der Waals surface area (Å²) in [4.78, 5) is 13.5. The van der Waals surface area contributed by atoms with Crippen LogP contribution >= 0.6 is 0 Å². The van der Waals surface area contributed by atoms with Crippen molar-refractivity contribution in [2.45, 2.75) is 25.3 Å². The number of hydrogen-bond donors (Lipinski definition) is 2. The normalized spacial score (nSPS) is 21.4. The molecule has 1 unspecified atom stereocenters. The second-order valence-corrected chi connectivity index (χ2v) is 4.20. The van der Waals surface area contributed by atoms with Crippen LogP contribution in [0.4, 0.5) is 0 Å². The van der Waals surface area contributed by atoms with E-state index < -0.39 is 0 Å². The quantitative estimate of drug-likeness (QED) is 0.629. The van der Waals surface area contributed by atoms with Crippen LogP contribution in [0.15, 0.2) is 0 Å². The van der Waals surface area contributed by atoms with Crippen LogP contribution < -0.4 is 10.6 Å². The smallest absolute Gasteiger partial charge is 0.234 e. The van der Waals surface area contributed by atoms with Crippen LogP contribution in [0.3, 0.4) is 0 Å². The lowest BCUT2D eigenvalue weighted by Gasteiger charge is -2.32. The first-order chi connectivity index (χ1) is 7.74. The van der Waals surface area contributed by atoms with E-state index in [2.05, 4.69) is 22.6 Å². The van der Waals surface area contributed by atoms with Gasteiger partial charge in [0.05, 0.1) is 12.6 Å². The second-order valence-electron chi connectivity index (χ2n) is 4.20. The molecule has 5 heteroatoms. The molecule has 1 rings (SSSR count). The van der Waals surface area contributed by atoms with E-state index in [-0.39, 0.29) is 12.5 Å². The lowest BCUT2D eigenvalue weighted by molar-refractivity contribution is -0.120. The third-order valence-corrected chi connectivity index (χ3v) is 2.95. The monoisotopic (exact) mass is 224 g/mol. The van der Waals surface area contributed by atoms with Crippen molar-refractivity contribution in [3.05, 3.63) is 0 Å². The van der Waals surface area contributed by atoms with E-state index in [1.165, 1.54) is 19.3 Å². The molecule has 1 aliphatic heterocycles. The van der Waals surface area contributed by atoms with Crippen LogP contribution in [0.25, 0.3) is 0 Å². The molecule has 1 saturated heterocycles. The van der Waals surface area contributed by atoms with Crippen LogP contribution in [-0.4, -0.2) is 50.1 Å². The number of likely N-dealkylation sites (N-methyl/N-ethyl adjacent to an activating group) is 1. The molecule has 2 N–H and O–H groups in total. The Balaban J connectivity index is 2.10. The molecule has 5 nitrogen and oxygen atoms in total. The molecule has 0 radical (unpaired) electrons. The Morgan fingerprint density at radius 2 is 2.38 bits per heavy atom. The Labute approximate surface area is 96.8 Å². The maximum absolute atomic E-state index is 11.2. The molecule has 1 fully saturated rings. The summed E-state index contributed by atoms with van der Waals surface area (Å²) in [5, 5.41) is 13.9. The first-order valence-corrected chi connectivity index (χ1v) is 5.78. The minimum atomic E-state index is -0.111. The highest BCUT2D eigenvalue weighted by Crippen LogP contribution is 2.13. The summed E-state index contributed by atoms with van der Waals surface area (Å²) in [5.74, 6) is -0.111. The summed E-state index contributed by atoms with van der Waals surface area (Å²) < 4.78 is 0. The van der Waals surface area contributed by atoms with Crippen molar-refractivity contribution in [3.63, 3.8) is 0 Å². The summed E-state index contributed by atoms with van der Waals surface area (Å²) >= 11 is 0. The van der Waals surface area contributed by atoms with Gasteiger partial charge < -0.3 is 15.5 Å². The molecule has 0 aromatic rings. The van der Waals surface area contributed by atoms with E-state index in [0.29, 0.717) is 12.6 Å². The zero-order valence-corrected chi connectivity index (χ0v) is 9.83. The molecule has 0 aromatic heterocycles. The van der Waals surface area contributed by atoms with Gasteiger partial charge in [-0.15, -0.1) is 0 Å². The minimum absolute atomic E-state index is 0.0871. The fourth-order valence-electron chi connectivity index (χ4n) is 1.95. The molecule has 1 atom stereocenters. The molecule has 0 spiro atoms. The van der Waals surface area contributed by atoms with Gasteiger partial charge in [0.25, 0.3) is 0 Å². The molecular formula is C11H20N4O. The number of nitrogens with one attached hydrogen (secondary N) is 2. The van der Waals surface area contributed by atoms with E-state index in [0.717, 1.165) is 13.1 Å². The third-order valence-electron chi connectivity index (χ3n) is 2.95. The van der Waals surface area contributed by atoms with Crippen LogP contribution in [0.5, 0.6) is 0 Å². The van der Waals surface area contributed by atoms with E-state index >= 15 is 0 Å². The average Bonchev–Trinajstić information content (AvgIpc) is 2.29. The molecule has 90 valence electrons. The lowest BCUT2D eigenvalue weighted by atomic mass is 10.0. The molecule has 1 aliphatic rings. The first-order valence-electron chi connectivity index (χ1n) is 5.78. The summed E-state index contributed by atoms with van der Waals surface area (Å²) in [6.07, 6.45) is 3.75. The number of carbonyl (C=O) groups is 1. The predicted octanol–water partition coefficient (Wildman–Crippen LogP) is -0.300. The zero-order valence-electron chi connectivity index (χ0n) is 9.83. The van der Waals surface area contributed by atoms with Gasteiger partial charge in [-0.25, -0.2) is 0 Å². The molecule has 0 aromatic carbocycles. The highest BCUT2D eigenvalue weighted by atomic mass is 16.1. The van der Waals surface area contributed by atoms with Gasteiger partial charge in [0.2, 0.25) is 5.91 Å². The minimum Gasteiger partial charge on any atom is -0.342 e. The van der Waals surface area contributed by atoms with E-state index in [1.807, 2.05) is 6.07 Å². The van der Waals surface area contributed by atoms with Crippen LogP contribution in [0, 0.1) is 11.3 Å². The Kier molecular flexibility index (Phi) is 5.83. The number of carbonyl (C=O) groups excluding carboxylic acids is 1. The van der Waals surface area contributed by atoms with Crippen molar-refractivity contribution in [1.29, 1.82) is 5.26 Å². The summed E-state index contributed by atoms with van der Waals surface area (Å²) in [6, 6.07) is 2.42. The van der Waals surface area contributed by atoms with Crippen molar-refractivity contribution in [2.24, 2.45) is 0 Å². The fourth-order valence-corrected chi connectivity index (χ4v) is 1.95. The number of piperidine rings is 1. The topological polar surface area (TPSA) is 68.2 Å². The standard InChI is InChI=1S/C11H20N4O/c1-15-7-3-2-4-10(15)8-13-9-11(16)14-6-5-12/h10,13H,2-4,6-9H2,1H3,(H,14,16). The molecule has 1 amide bonds. The predicted molar refractivity (Wildman–Crippen MR) is 61.8 cm³/mol. The highest BCUT2D eigenvalue weighted by Gasteiger charge is 2.18. The molecular weight excluding hydrogens is 204 g/mol. The van der Waals surface area contributed by atoms with E-state index in [4.69, 9.17) is 5.26 Å².